The van der Waals surface area contributed by atoms with Gasteiger partial charge in [0.15, 0.2) is 0 Å². The molecule has 15 heavy (non-hydrogen) atoms. The summed E-state index contributed by atoms with van der Waals surface area (Å²) < 4.78 is 13.2. The number of pyridine rings is 1. The third-order valence-electron chi connectivity index (χ3n) is 1.84. The van der Waals surface area contributed by atoms with Gasteiger partial charge in [-0.05, 0) is 6.07 Å². The Hall–Kier alpha value is -1.31. The maximum absolute atomic E-state index is 13.2. The fourth-order valence-corrected chi connectivity index (χ4v) is 1.71. The van der Waals surface area contributed by atoms with E-state index in [0.717, 1.165) is 4.88 Å². The molecule has 0 aromatic carbocycles. The molecule has 0 saturated carbocycles. The number of rotatable bonds is 2. The van der Waals surface area contributed by atoms with E-state index in [-0.39, 0.29) is 5.46 Å². The van der Waals surface area contributed by atoms with Crippen LogP contribution in [0.3, 0.4) is 0 Å². The van der Waals surface area contributed by atoms with Crippen molar-refractivity contribution in [3.05, 3.63) is 29.8 Å². The monoisotopic (exact) mass is 224 g/mol. The van der Waals surface area contributed by atoms with E-state index >= 15 is 0 Å². The Morgan fingerprint density at radius 3 is 2.67 bits per heavy atom. The average Bonchev–Trinajstić information content (AvgIpc) is 2.69. The van der Waals surface area contributed by atoms with Gasteiger partial charge in [-0.15, -0.1) is 11.3 Å². The lowest BCUT2D eigenvalue weighted by molar-refractivity contribution is 0.422. The van der Waals surface area contributed by atoms with Gasteiger partial charge in [0, 0.05) is 11.7 Å². The molecule has 76 valence electrons. The van der Waals surface area contributed by atoms with Crippen LogP contribution in [0.1, 0.15) is 0 Å². The molecule has 2 heterocycles. The molecule has 2 N–H and O–H groups in total. The minimum atomic E-state index is -1.84. The molecule has 0 aliphatic rings. The fraction of sp³-hybridized carbons (Fsp3) is 0. The van der Waals surface area contributed by atoms with E-state index in [0.29, 0.717) is 5.69 Å². The molecule has 0 spiro atoms. The second-order valence-corrected chi connectivity index (χ2v) is 3.70. The molecule has 2 aromatic heterocycles. The van der Waals surface area contributed by atoms with Crippen molar-refractivity contribution < 1.29 is 14.4 Å². The second-order valence-electron chi connectivity index (χ2n) is 2.82. The zero-order valence-corrected chi connectivity index (χ0v) is 8.28. The summed E-state index contributed by atoms with van der Waals surface area (Å²) in [5.74, 6) is -0.879. The number of halogens is 1. The van der Waals surface area contributed by atoms with E-state index in [4.69, 9.17) is 10.0 Å². The van der Waals surface area contributed by atoms with Gasteiger partial charge in [0.25, 0.3) is 0 Å². The molecule has 0 bridgehead atoms. The van der Waals surface area contributed by atoms with Gasteiger partial charge in [-0.2, -0.15) is 4.39 Å². The van der Waals surface area contributed by atoms with Gasteiger partial charge >= 0.3 is 7.12 Å². The number of thiazole rings is 1. The van der Waals surface area contributed by atoms with Crippen LogP contribution < -0.4 is 5.46 Å². The van der Waals surface area contributed by atoms with Crippen LogP contribution in [-0.4, -0.2) is 27.1 Å². The third-order valence-corrected chi connectivity index (χ3v) is 2.64. The summed E-state index contributed by atoms with van der Waals surface area (Å²) in [4.78, 5) is 8.19. The lowest BCUT2D eigenvalue weighted by Gasteiger charge is -2.02. The van der Waals surface area contributed by atoms with Crippen molar-refractivity contribution in [1.82, 2.24) is 9.97 Å². The van der Waals surface area contributed by atoms with Crippen molar-refractivity contribution in [1.29, 1.82) is 0 Å². The van der Waals surface area contributed by atoms with Crippen LogP contribution >= 0.6 is 11.3 Å². The maximum Gasteiger partial charge on any atom is 0.493 e. The van der Waals surface area contributed by atoms with Gasteiger partial charge in [0.1, 0.15) is 0 Å². The van der Waals surface area contributed by atoms with E-state index in [1.165, 1.54) is 23.5 Å². The van der Waals surface area contributed by atoms with E-state index in [2.05, 4.69) is 9.97 Å². The first kappa shape index (κ1) is 10.2. The van der Waals surface area contributed by atoms with Crippen molar-refractivity contribution in [3.63, 3.8) is 0 Å². The minimum absolute atomic E-state index is 0.233. The summed E-state index contributed by atoms with van der Waals surface area (Å²) in [7, 11) is -1.84. The summed E-state index contributed by atoms with van der Waals surface area (Å²) in [6, 6.07) is 2.81. The molecule has 0 atom stereocenters. The highest BCUT2D eigenvalue weighted by molar-refractivity contribution is 7.13. The lowest BCUT2D eigenvalue weighted by atomic mass is 9.81. The number of hydrogen-bond acceptors (Lipinski definition) is 5. The van der Waals surface area contributed by atoms with E-state index < -0.39 is 13.1 Å². The Morgan fingerprint density at radius 2 is 2.13 bits per heavy atom. The Morgan fingerprint density at radius 1 is 1.33 bits per heavy atom. The topological polar surface area (TPSA) is 66.2 Å². The Bertz CT molecular complexity index is 464. The second kappa shape index (κ2) is 4.05. The third kappa shape index (κ3) is 2.04. The Labute approximate surface area is 89.2 Å². The highest BCUT2D eigenvalue weighted by atomic mass is 32.1. The van der Waals surface area contributed by atoms with Crippen molar-refractivity contribution in [2.45, 2.75) is 0 Å². The van der Waals surface area contributed by atoms with Crippen molar-refractivity contribution >= 4 is 23.9 Å². The van der Waals surface area contributed by atoms with Gasteiger partial charge in [-0.25, -0.2) is 4.98 Å². The molecule has 2 rings (SSSR count). The molecule has 4 nitrogen and oxygen atoms in total. The van der Waals surface area contributed by atoms with Crippen LogP contribution in [0.4, 0.5) is 4.39 Å². The zero-order valence-electron chi connectivity index (χ0n) is 7.46. The fourth-order valence-electron chi connectivity index (χ4n) is 1.12. The average molecular weight is 224 g/mol. The number of hydrogen-bond donors (Lipinski definition) is 2. The van der Waals surface area contributed by atoms with Crippen LogP contribution in [0.15, 0.2) is 23.8 Å². The lowest BCUT2D eigenvalue weighted by Crippen LogP contribution is -2.33. The van der Waals surface area contributed by atoms with E-state index in [1.54, 1.807) is 11.7 Å². The minimum Gasteiger partial charge on any atom is -0.423 e. The van der Waals surface area contributed by atoms with Gasteiger partial charge in [0.2, 0.25) is 5.95 Å². The molecule has 7 heteroatoms. The predicted octanol–water partition coefficient (Wildman–Crippen LogP) is 0.0240. The van der Waals surface area contributed by atoms with Crippen molar-refractivity contribution in [3.8, 4) is 10.6 Å². The molecular weight excluding hydrogens is 218 g/mol. The van der Waals surface area contributed by atoms with Gasteiger partial charge in [0.05, 0.1) is 16.1 Å². The summed E-state index contributed by atoms with van der Waals surface area (Å²) in [5, 5.41) is 17.6. The summed E-state index contributed by atoms with van der Waals surface area (Å²) in [5.41, 5.74) is 1.81. The van der Waals surface area contributed by atoms with E-state index in [1.807, 2.05) is 0 Å². The molecule has 0 aliphatic carbocycles. The molecule has 0 unspecified atom stereocenters. The van der Waals surface area contributed by atoms with Crippen LogP contribution in [0.25, 0.3) is 10.6 Å². The quantitative estimate of drug-likeness (QED) is 0.557. The SMILES string of the molecule is OB(O)c1ccc(-c2cncs2)nc1F. The van der Waals surface area contributed by atoms with E-state index in [9.17, 15) is 4.39 Å². The molecule has 0 saturated heterocycles. The number of aromatic nitrogens is 2. The van der Waals surface area contributed by atoms with Crippen LogP contribution in [0.2, 0.25) is 0 Å². The normalized spacial score (nSPS) is 10.3. The summed E-state index contributed by atoms with van der Waals surface area (Å²) in [6.07, 6.45) is 1.57. The van der Waals surface area contributed by atoms with Gasteiger partial charge in [-0.3, -0.25) is 4.98 Å². The first-order valence-electron chi connectivity index (χ1n) is 4.10. The zero-order chi connectivity index (χ0) is 10.8. The highest BCUT2D eigenvalue weighted by Gasteiger charge is 2.18. The van der Waals surface area contributed by atoms with Crippen molar-refractivity contribution in [2.75, 3.05) is 0 Å². The Kier molecular flexibility index (Phi) is 2.76. The van der Waals surface area contributed by atoms with Crippen molar-refractivity contribution in [2.24, 2.45) is 0 Å². The Balaban J connectivity index is 2.42. The molecule has 0 amide bonds. The smallest absolute Gasteiger partial charge is 0.423 e. The molecule has 0 aliphatic heterocycles. The summed E-state index contributed by atoms with van der Waals surface area (Å²) in [6.45, 7) is 0. The molecular formula is C8H6BFN2O2S. The van der Waals surface area contributed by atoms with Gasteiger partial charge in [-0.1, -0.05) is 6.07 Å². The maximum atomic E-state index is 13.2. The highest BCUT2D eigenvalue weighted by Crippen LogP contribution is 2.20. The first-order valence-corrected chi connectivity index (χ1v) is 4.98. The predicted molar refractivity (Wildman–Crippen MR) is 55.1 cm³/mol. The summed E-state index contributed by atoms with van der Waals surface area (Å²) >= 11 is 1.33. The molecule has 0 fully saturated rings. The van der Waals surface area contributed by atoms with Crippen LogP contribution in [-0.2, 0) is 0 Å². The first-order chi connectivity index (χ1) is 7.18. The van der Waals surface area contributed by atoms with Crippen LogP contribution in [0.5, 0.6) is 0 Å². The standard InChI is InChI=1S/C8H6BFN2O2S/c10-8-5(9(13)14)1-2-6(12-8)7-3-11-4-15-7/h1-4,13-14H. The number of nitrogens with zero attached hydrogens (tertiary/aromatic N) is 2. The molecule has 2 aromatic rings. The van der Waals surface area contributed by atoms with Crippen LogP contribution in [0, 0.1) is 5.95 Å². The largest absolute Gasteiger partial charge is 0.493 e. The van der Waals surface area contributed by atoms with Gasteiger partial charge < -0.3 is 10.0 Å². The molecule has 0 radical (unpaired) electrons.